The van der Waals surface area contributed by atoms with Gasteiger partial charge in [-0.2, -0.15) is 0 Å². The molecule has 2 fully saturated rings. The molecule has 2 aliphatic heterocycles. The summed E-state index contributed by atoms with van der Waals surface area (Å²) < 4.78 is 42.9. The van der Waals surface area contributed by atoms with E-state index >= 15 is 0 Å². The van der Waals surface area contributed by atoms with Gasteiger partial charge in [-0.25, -0.2) is 13.2 Å². The largest absolute Gasteiger partial charge is 0.385 e. The number of nitrogens with one attached hydrogen (secondary N) is 1. The fraction of sp³-hybridized carbons (Fsp3) is 0.458. The van der Waals surface area contributed by atoms with Crippen molar-refractivity contribution in [1.82, 2.24) is 14.7 Å². The van der Waals surface area contributed by atoms with E-state index < -0.39 is 34.6 Å². The zero-order chi connectivity index (χ0) is 23.8. The van der Waals surface area contributed by atoms with Gasteiger partial charge >= 0.3 is 0 Å². The fourth-order valence-corrected chi connectivity index (χ4v) is 4.46. The van der Waals surface area contributed by atoms with Crippen molar-refractivity contribution in [2.45, 2.75) is 18.9 Å². The molecular weight excluding hydrogens is 433 g/mol. The first kappa shape index (κ1) is 23.5. The molecule has 9 heteroatoms. The molecule has 2 aromatic rings. The summed E-state index contributed by atoms with van der Waals surface area (Å²) in [6, 6.07) is 6.35. The van der Waals surface area contributed by atoms with Gasteiger partial charge in [0.05, 0.1) is 30.0 Å². The van der Waals surface area contributed by atoms with Gasteiger partial charge in [-0.1, -0.05) is 6.07 Å². The summed E-state index contributed by atoms with van der Waals surface area (Å²) in [5.41, 5.74) is -0.982. The molecule has 0 bridgehead atoms. The molecule has 0 aliphatic carbocycles. The average molecular weight is 463 g/mol. The Labute approximate surface area is 191 Å². The van der Waals surface area contributed by atoms with Crippen LogP contribution in [0.15, 0.2) is 30.3 Å². The molecule has 2 aliphatic rings. The second kappa shape index (κ2) is 9.32. The first-order chi connectivity index (χ1) is 15.6. The molecule has 2 saturated heterocycles. The average Bonchev–Trinajstić information content (AvgIpc) is 2.95. The molecule has 178 valence electrons. The summed E-state index contributed by atoms with van der Waals surface area (Å²) in [6.07, 6.45) is 1.01. The number of aliphatic hydroxyl groups is 1. The van der Waals surface area contributed by atoms with Crippen molar-refractivity contribution in [3.63, 3.8) is 0 Å². The highest BCUT2D eigenvalue weighted by Gasteiger charge is 2.45. The van der Waals surface area contributed by atoms with Crippen molar-refractivity contribution < 1.29 is 23.1 Å². The number of aryl methyl sites for hydroxylation is 1. The third-order valence-corrected chi connectivity index (χ3v) is 6.30. The number of likely N-dealkylation sites (tertiary alicyclic amines) is 1. The van der Waals surface area contributed by atoms with Crippen LogP contribution >= 0.6 is 0 Å². The van der Waals surface area contributed by atoms with Gasteiger partial charge < -0.3 is 20.2 Å². The SMILES string of the molecule is Cc1ccc(Nc2c(C(=O)N3CC(O)(CN4CCCN(C)CC4)C3)ccc(F)c2F)c(F)c1. The Bertz CT molecular complexity index is 1040. The molecule has 0 unspecified atom stereocenters. The Morgan fingerprint density at radius 2 is 1.82 bits per heavy atom. The van der Waals surface area contributed by atoms with E-state index in [1.165, 1.54) is 23.1 Å². The number of rotatable bonds is 5. The Hall–Kier alpha value is -2.62. The van der Waals surface area contributed by atoms with Gasteiger partial charge in [0.2, 0.25) is 0 Å². The molecule has 0 aromatic heterocycles. The smallest absolute Gasteiger partial charge is 0.256 e. The summed E-state index contributed by atoms with van der Waals surface area (Å²) in [4.78, 5) is 18.9. The number of hydrogen-bond donors (Lipinski definition) is 2. The van der Waals surface area contributed by atoms with Crippen LogP contribution in [0.5, 0.6) is 0 Å². The molecule has 0 atom stereocenters. The molecular formula is C24H29F3N4O2. The molecule has 6 nitrogen and oxygen atoms in total. The van der Waals surface area contributed by atoms with E-state index in [0.717, 1.165) is 38.7 Å². The Kier molecular flexibility index (Phi) is 6.65. The number of anilines is 2. The third-order valence-electron chi connectivity index (χ3n) is 6.30. The maximum Gasteiger partial charge on any atom is 0.256 e. The Balaban J connectivity index is 1.48. The van der Waals surface area contributed by atoms with Crippen LogP contribution in [-0.2, 0) is 0 Å². The van der Waals surface area contributed by atoms with Gasteiger partial charge in [-0.05, 0) is 63.3 Å². The van der Waals surface area contributed by atoms with Gasteiger partial charge in [0, 0.05) is 19.6 Å². The minimum absolute atomic E-state index is 0.0644. The lowest BCUT2D eigenvalue weighted by molar-refractivity contribution is -0.0971. The van der Waals surface area contributed by atoms with Gasteiger partial charge in [0.1, 0.15) is 11.4 Å². The normalized spacial score (nSPS) is 19.2. The number of amides is 1. The van der Waals surface area contributed by atoms with E-state index in [0.29, 0.717) is 12.1 Å². The molecule has 4 rings (SSSR count). The highest BCUT2D eigenvalue weighted by molar-refractivity contribution is 6.01. The van der Waals surface area contributed by atoms with E-state index in [1.807, 2.05) is 0 Å². The quantitative estimate of drug-likeness (QED) is 0.716. The van der Waals surface area contributed by atoms with Crippen molar-refractivity contribution in [3.8, 4) is 0 Å². The van der Waals surface area contributed by atoms with Gasteiger partial charge in [0.25, 0.3) is 5.91 Å². The number of halogens is 3. The molecule has 0 saturated carbocycles. The van der Waals surface area contributed by atoms with Crippen molar-refractivity contribution in [3.05, 3.63) is 58.9 Å². The summed E-state index contributed by atoms with van der Waals surface area (Å²) in [5.74, 6) is -3.60. The molecule has 33 heavy (non-hydrogen) atoms. The minimum atomic E-state index is -1.26. The summed E-state index contributed by atoms with van der Waals surface area (Å²) >= 11 is 0. The summed E-state index contributed by atoms with van der Waals surface area (Å²) in [6.45, 7) is 5.98. The first-order valence-corrected chi connectivity index (χ1v) is 11.1. The minimum Gasteiger partial charge on any atom is -0.385 e. The fourth-order valence-electron chi connectivity index (χ4n) is 4.46. The Morgan fingerprint density at radius 1 is 1.06 bits per heavy atom. The number of carbonyl (C=O) groups is 1. The van der Waals surface area contributed by atoms with Crippen LogP contribution in [-0.4, -0.2) is 84.2 Å². The van der Waals surface area contributed by atoms with Gasteiger partial charge in [0.15, 0.2) is 11.6 Å². The zero-order valence-corrected chi connectivity index (χ0v) is 18.9. The maximum atomic E-state index is 14.6. The van der Waals surface area contributed by atoms with Crippen LogP contribution in [0.1, 0.15) is 22.3 Å². The van der Waals surface area contributed by atoms with Crippen LogP contribution in [0.4, 0.5) is 24.5 Å². The van der Waals surface area contributed by atoms with E-state index in [1.54, 1.807) is 13.0 Å². The van der Waals surface area contributed by atoms with Gasteiger partial charge in [-0.15, -0.1) is 0 Å². The van der Waals surface area contributed by atoms with Crippen LogP contribution in [0.2, 0.25) is 0 Å². The standard InChI is InChI=1S/C24H29F3N4O2/c1-16-4-7-20(19(26)12-16)28-22-17(5-6-18(25)21(22)27)23(32)31-14-24(33,15-31)13-30-9-3-8-29(2)10-11-30/h4-7,12,28,33H,3,8-11,13-15H2,1-2H3. The molecule has 0 radical (unpaired) electrons. The van der Waals surface area contributed by atoms with Crippen molar-refractivity contribution in [2.24, 2.45) is 0 Å². The molecule has 2 heterocycles. The van der Waals surface area contributed by atoms with Crippen LogP contribution in [0.25, 0.3) is 0 Å². The van der Waals surface area contributed by atoms with Crippen molar-refractivity contribution in [1.29, 1.82) is 0 Å². The lowest BCUT2D eigenvalue weighted by Crippen LogP contribution is -2.67. The highest BCUT2D eigenvalue weighted by Crippen LogP contribution is 2.32. The molecule has 2 N–H and O–H groups in total. The summed E-state index contributed by atoms with van der Waals surface area (Å²) in [5, 5.41) is 13.4. The van der Waals surface area contributed by atoms with Crippen LogP contribution in [0, 0.1) is 24.4 Å². The zero-order valence-electron chi connectivity index (χ0n) is 18.9. The van der Waals surface area contributed by atoms with E-state index in [2.05, 4.69) is 22.2 Å². The monoisotopic (exact) mass is 462 g/mol. The number of hydrogen-bond acceptors (Lipinski definition) is 5. The topological polar surface area (TPSA) is 59.1 Å². The van der Waals surface area contributed by atoms with Crippen molar-refractivity contribution in [2.75, 3.05) is 58.2 Å². The molecule has 2 aromatic carbocycles. The lowest BCUT2D eigenvalue weighted by atomic mass is 9.92. The summed E-state index contributed by atoms with van der Waals surface area (Å²) in [7, 11) is 2.07. The van der Waals surface area contributed by atoms with E-state index in [-0.39, 0.29) is 24.3 Å². The van der Waals surface area contributed by atoms with E-state index in [4.69, 9.17) is 0 Å². The number of likely N-dealkylation sites (N-methyl/N-ethyl adjacent to an activating group) is 1. The second-order valence-corrected chi connectivity index (χ2v) is 9.21. The van der Waals surface area contributed by atoms with E-state index in [9.17, 15) is 23.1 Å². The number of carbonyl (C=O) groups excluding carboxylic acids is 1. The number of nitrogens with zero attached hydrogens (tertiary/aromatic N) is 3. The first-order valence-electron chi connectivity index (χ1n) is 11.1. The number of β-amino-alcohol motifs (C(OH)–C–C–N with tert-alkyl or cyclic N) is 1. The molecule has 1 amide bonds. The molecule has 0 spiro atoms. The maximum absolute atomic E-state index is 14.6. The van der Waals surface area contributed by atoms with Crippen LogP contribution < -0.4 is 5.32 Å². The van der Waals surface area contributed by atoms with Gasteiger partial charge in [-0.3, -0.25) is 9.69 Å². The third kappa shape index (κ3) is 5.15. The Morgan fingerprint density at radius 3 is 2.55 bits per heavy atom. The lowest BCUT2D eigenvalue weighted by Gasteiger charge is -2.48. The predicted molar refractivity (Wildman–Crippen MR) is 120 cm³/mol. The second-order valence-electron chi connectivity index (χ2n) is 9.21. The van der Waals surface area contributed by atoms with Crippen molar-refractivity contribution >= 4 is 17.3 Å². The van der Waals surface area contributed by atoms with Crippen LogP contribution in [0.3, 0.4) is 0 Å². The number of benzene rings is 2. The predicted octanol–water partition coefficient (Wildman–Crippen LogP) is 2.98. The highest BCUT2D eigenvalue weighted by atomic mass is 19.2.